The van der Waals surface area contributed by atoms with Gasteiger partial charge in [-0.15, -0.1) is 0 Å². The van der Waals surface area contributed by atoms with Crippen LogP contribution in [0.3, 0.4) is 0 Å². The van der Waals surface area contributed by atoms with Gasteiger partial charge in [0.15, 0.2) is 5.16 Å². The fraction of sp³-hybridized carbons (Fsp3) is 0.348. The molecule has 1 aliphatic rings. The maximum absolute atomic E-state index is 13.2. The summed E-state index contributed by atoms with van der Waals surface area (Å²) in [6.07, 6.45) is 0.0514. The lowest BCUT2D eigenvalue weighted by Crippen LogP contribution is -2.48. The number of rotatable bonds is 5. The third-order valence-corrected chi connectivity index (χ3v) is 6.07. The lowest BCUT2D eigenvalue weighted by molar-refractivity contribution is -0.140. The van der Waals surface area contributed by atoms with Crippen LogP contribution in [0.1, 0.15) is 19.4 Å². The van der Waals surface area contributed by atoms with Crippen LogP contribution in [-0.2, 0) is 16.1 Å². The molecule has 6 nitrogen and oxygen atoms in total. The summed E-state index contributed by atoms with van der Waals surface area (Å²) in [6, 6.07) is 17.2. The van der Waals surface area contributed by atoms with Crippen molar-refractivity contribution < 1.29 is 9.53 Å². The first-order valence-electron chi connectivity index (χ1n) is 10.1. The van der Waals surface area contributed by atoms with Gasteiger partial charge in [0.05, 0.1) is 35.4 Å². The van der Waals surface area contributed by atoms with Gasteiger partial charge in [0.25, 0.3) is 5.56 Å². The Morgan fingerprint density at radius 3 is 2.47 bits per heavy atom. The molecule has 1 fully saturated rings. The molecule has 0 aliphatic carbocycles. The zero-order valence-corrected chi connectivity index (χ0v) is 18.0. The van der Waals surface area contributed by atoms with E-state index in [2.05, 4.69) is 0 Å². The molecule has 0 N–H and O–H groups in total. The van der Waals surface area contributed by atoms with Crippen LogP contribution in [-0.4, -0.2) is 51.4 Å². The minimum atomic E-state index is -0.0898. The number of ether oxygens (including phenoxy) is 1. The number of aromatic nitrogens is 2. The van der Waals surface area contributed by atoms with Crippen LogP contribution in [0, 0.1) is 0 Å². The van der Waals surface area contributed by atoms with Gasteiger partial charge in [0, 0.05) is 13.1 Å². The highest BCUT2D eigenvalue weighted by molar-refractivity contribution is 7.99. The van der Waals surface area contributed by atoms with Crippen molar-refractivity contribution in [2.24, 2.45) is 0 Å². The predicted molar refractivity (Wildman–Crippen MR) is 119 cm³/mol. The first kappa shape index (κ1) is 20.6. The molecule has 2 atom stereocenters. The van der Waals surface area contributed by atoms with Crippen LogP contribution in [0.4, 0.5) is 0 Å². The topological polar surface area (TPSA) is 64.4 Å². The molecule has 3 aromatic rings. The van der Waals surface area contributed by atoms with E-state index in [0.29, 0.717) is 35.7 Å². The summed E-state index contributed by atoms with van der Waals surface area (Å²) in [4.78, 5) is 32.5. The van der Waals surface area contributed by atoms with Gasteiger partial charge in [-0.2, -0.15) is 0 Å². The summed E-state index contributed by atoms with van der Waals surface area (Å²) < 4.78 is 7.39. The highest BCUT2D eigenvalue weighted by Gasteiger charge is 2.26. The number of hydrogen-bond acceptors (Lipinski definition) is 5. The van der Waals surface area contributed by atoms with Crippen LogP contribution in [0.15, 0.2) is 64.5 Å². The second-order valence-corrected chi connectivity index (χ2v) is 8.58. The summed E-state index contributed by atoms with van der Waals surface area (Å²) in [5, 5.41) is 1.14. The Bertz CT molecular complexity index is 1090. The molecule has 2 heterocycles. The third kappa shape index (κ3) is 4.57. The number of amides is 1. The third-order valence-electron chi connectivity index (χ3n) is 5.11. The Labute approximate surface area is 179 Å². The SMILES string of the molecule is C[C@@H]1CN(C(=O)CSc2nc3ccccc3c(=O)n2Cc2ccccc2)C[C@H](C)O1. The predicted octanol–water partition coefficient (Wildman–Crippen LogP) is 3.17. The van der Waals surface area contributed by atoms with Gasteiger partial charge < -0.3 is 9.64 Å². The molecular formula is C23H25N3O3S. The molecule has 0 spiro atoms. The van der Waals surface area contributed by atoms with E-state index in [1.165, 1.54) is 11.8 Å². The second-order valence-electron chi connectivity index (χ2n) is 7.63. The van der Waals surface area contributed by atoms with Crippen LogP contribution in [0.5, 0.6) is 0 Å². The minimum Gasteiger partial charge on any atom is -0.372 e. The molecule has 156 valence electrons. The van der Waals surface area contributed by atoms with E-state index < -0.39 is 0 Å². The van der Waals surface area contributed by atoms with Crippen LogP contribution in [0.2, 0.25) is 0 Å². The van der Waals surface area contributed by atoms with Gasteiger partial charge in [-0.3, -0.25) is 14.2 Å². The zero-order valence-electron chi connectivity index (χ0n) is 17.2. The number of thioether (sulfide) groups is 1. The summed E-state index contributed by atoms with van der Waals surface area (Å²) in [7, 11) is 0. The number of fused-ring (bicyclic) bond motifs is 1. The van der Waals surface area contributed by atoms with Crippen molar-refractivity contribution in [3.63, 3.8) is 0 Å². The highest BCUT2D eigenvalue weighted by atomic mass is 32.2. The molecule has 1 aromatic heterocycles. The molecule has 7 heteroatoms. The molecule has 0 radical (unpaired) electrons. The van der Waals surface area contributed by atoms with Crippen LogP contribution < -0.4 is 5.56 Å². The average molecular weight is 424 g/mol. The largest absolute Gasteiger partial charge is 0.372 e. The number of hydrogen-bond donors (Lipinski definition) is 0. The highest BCUT2D eigenvalue weighted by Crippen LogP contribution is 2.20. The van der Waals surface area contributed by atoms with Crippen molar-refractivity contribution in [2.45, 2.75) is 37.8 Å². The Morgan fingerprint density at radius 2 is 1.73 bits per heavy atom. The number of carbonyl (C=O) groups is 1. The summed E-state index contributed by atoms with van der Waals surface area (Å²) in [5.74, 6) is 0.273. The number of benzene rings is 2. The van der Waals surface area contributed by atoms with E-state index in [-0.39, 0.29) is 29.4 Å². The fourth-order valence-electron chi connectivity index (χ4n) is 3.76. The van der Waals surface area contributed by atoms with Crippen LogP contribution in [0.25, 0.3) is 10.9 Å². The molecule has 0 unspecified atom stereocenters. The maximum atomic E-state index is 13.2. The van der Waals surface area contributed by atoms with Gasteiger partial charge >= 0.3 is 0 Å². The maximum Gasteiger partial charge on any atom is 0.262 e. The number of morpholine rings is 1. The molecule has 0 saturated carbocycles. The molecule has 1 amide bonds. The molecular weight excluding hydrogens is 398 g/mol. The molecule has 0 bridgehead atoms. The first-order chi connectivity index (χ1) is 14.5. The fourth-order valence-corrected chi connectivity index (χ4v) is 4.66. The van der Waals surface area contributed by atoms with Gasteiger partial charge in [-0.25, -0.2) is 4.98 Å². The Morgan fingerprint density at radius 1 is 1.07 bits per heavy atom. The molecule has 2 aromatic carbocycles. The van der Waals surface area contributed by atoms with E-state index >= 15 is 0 Å². The summed E-state index contributed by atoms with van der Waals surface area (Å²) in [5.41, 5.74) is 1.57. The molecule has 1 saturated heterocycles. The molecule has 1 aliphatic heterocycles. The minimum absolute atomic E-state index is 0.0257. The van der Waals surface area contributed by atoms with E-state index in [4.69, 9.17) is 9.72 Å². The Balaban J connectivity index is 1.61. The van der Waals surface area contributed by atoms with Gasteiger partial charge in [0.2, 0.25) is 5.91 Å². The van der Waals surface area contributed by atoms with Crippen molar-refractivity contribution in [2.75, 3.05) is 18.8 Å². The number of carbonyl (C=O) groups excluding carboxylic acids is 1. The first-order valence-corrected chi connectivity index (χ1v) is 11.1. The smallest absolute Gasteiger partial charge is 0.262 e. The van der Waals surface area contributed by atoms with Crippen molar-refractivity contribution in [3.05, 3.63) is 70.5 Å². The normalized spacial score (nSPS) is 19.2. The lowest BCUT2D eigenvalue weighted by Gasteiger charge is -2.35. The summed E-state index contributed by atoms with van der Waals surface area (Å²) in [6.45, 7) is 5.55. The van der Waals surface area contributed by atoms with Crippen LogP contribution >= 0.6 is 11.8 Å². The van der Waals surface area contributed by atoms with Gasteiger partial charge in [0.1, 0.15) is 0 Å². The quantitative estimate of drug-likeness (QED) is 0.466. The van der Waals surface area contributed by atoms with Crippen molar-refractivity contribution in [3.8, 4) is 0 Å². The Hall–Kier alpha value is -2.64. The number of nitrogens with zero attached hydrogens (tertiary/aromatic N) is 3. The van der Waals surface area contributed by atoms with Crippen molar-refractivity contribution in [1.29, 1.82) is 0 Å². The standard InChI is InChI=1S/C23H25N3O3S/c1-16-12-25(13-17(2)29-16)21(27)15-30-23-24-20-11-7-6-10-19(20)22(28)26(23)14-18-8-4-3-5-9-18/h3-11,16-17H,12-15H2,1-2H3/t16-,17+. The van der Waals surface area contributed by atoms with Crippen molar-refractivity contribution in [1.82, 2.24) is 14.5 Å². The zero-order chi connectivity index (χ0) is 21.1. The Kier molecular flexibility index (Phi) is 6.20. The monoisotopic (exact) mass is 423 g/mol. The molecule has 4 rings (SSSR count). The van der Waals surface area contributed by atoms with E-state index in [0.717, 1.165) is 5.56 Å². The number of para-hydroxylation sites is 1. The summed E-state index contributed by atoms with van der Waals surface area (Å²) >= 11 is 1.32. The molecule has 30 heavy (non-hydrogen) atoms. The van der Waals surface area contributed by atoms with Gasteiger partial charge in [-0.1, -0.05) is 54.2 Å². The average Bonchev–Trinajstić information content (AvgIpc) is 2.74. The van der Waals surface area contributed by atoms with Crippen molar-refractivity contribution >= 4 is 28.6 Å². The van der Waals surface area contributed by atoms with E-state index in [1.807, 2.05) is 67.3 Å². The van der Waals surface area contributed by atoms with E-state index in [1.54, 1.807) is 10.6 Å². The second kappa shape index (κ2) is 9.02. The van der Waals surface area contributed by atoms with E-state index in [9.17, 15) is 9.59 Å². The van der Waals surface area contributed by atoms with Gasteiger partial charge in [-0.05, 0) is 31.5 Å². The lowest BCUT2D eigenvalue weighted by atomic mass is 10.2.